The second kappa shape index (κ2) is 13.1. The normalized spacial score (nSPS) is 15.3. The van der Waals surface area contributed by atoms with E-state index in [4.69, 9.17) is 0 Å². The number of rotatable bonds is 5. The van der Waals surface area contributed by atoms with Crippen molar-refractivity contribution in [3.05, 3.63) is 54.2 Å². The third-order valence-electron chi connectivity index (χ3n) is 4.81. The number of carbonyl (C=O) groups excluding carboxylic acids is 2. The molecular formula is C25H37N3O2S. The van der Waals surface area contributed by atoms with Crippen LogP contribution in [0.2, 0.25) is 0 Å². The molecule has 5 nitrogen and oxygen atoms in total. The van der Waals surface area contributed by atoms with Gasteiger partial charge in [-0.15, -0.1) is 24.5 Å². The van der Waals surface area contributed by atoms with Crippen molar-refractivity contribution in [3.8, 4) is 10.4 Å². The van der Waals surface area contributed by atoms with Crippen LogP contribution in [0.3, 0.4) is 0 Å². The predicted octanol–water partition coefficient (Wildman–Crippen LogP) is 5.46. The van der Waals surface area contributed by atoms with Crippen LogP contribution in [0, 0.1) is 18.3 Å². The zero-order chi connectivity index (χ0) is 23.4. The quantitative estimate of drug-likeness (QED) is 0.493. The molecule has 0 unspecified atom stereocenters. The lowest BCUT2D eigenvalue weighted by molar-refractivity contribution is -0.132. The maximum atomic E-state index is 11.7. The van der Waals surface area contributed by atoms with Gasteiger partial charge >= 0.3 is 0 Å². The van der Waals surface area contributed by atoms with Crippen LogP contribution in [0.1, 0.15) is 51.8 Å². The molecular weight excluding hydrogens is 406 g/mol. The fraction of sp³-hybridized carbons (Fsp3) is 0.480. The summed E-state index contributed by atoms with van der Waals surface area (Å²) in [6.45, 7) is 19.1. The van der Waals surface area contributed by atoms with E-state index in [2.05, 4.69) is 63.3 Å². The minimum absolute atomic E-state index is 0.128. The molecule has 6 heteroatoms. The molecule has 170 valence electrons. The van der Waals surface area contributed by atoms with Crippen molar-refractivity contribution in [2.75, 3.05) is 13.1 Å². The highest BCUT2D eigenvalue weighted by atomic mass is 32.1. The molecule has 0 radical (unpaired) electrons. The average molecular weight is 444 g/mol. The highest BCUT2D eigenvalue weighted by Crippen LogP contribution is 2.27. The molecule has 31 heavy (non-hydrogen) atoms. The highest BCUT2D eigenvalue weighted by Gasteiger charge is 2.26. The summed E-state index contributed by atoms with van der Waals surface area (Å²) in [5, 5.41) is 2.64. The van der Waals surface area contributed by atoms with Crippen LogP contribution in [-0.2, 0) is 16.1 Å². The number of nitrogens with one attached hydrogen (secondary N) is 1. The zero-order valence-electron chi connectivity index (χ0n) is 19.6. The maximum absolute atomic E-state index is 11.7. The summed E-state index contributed by atoms with van der Waals surface area (Å²) in [4.78, 5) is 29.3. The largest absolute Gasteiger partial charge is 0.355 e. The van der Waals surface area contributed by atoms with Gasteiger partial charge in [-0.1, -0.05) is 52.0 Å². The fourth-order valence-corrected chi connectivity index (χ4v) is 4.05. The number of benzene rings is 1. The first-order valence-corrected chi connectivity index (χ1v) is 11.5. The van der Waals surface area contributed by atoms with Crippen molar-refractivity contribution in [2.45, 2.75) is 54.0 Å². The minimum atomic E-state index is 0.128. The molecule has 1 atom stereocenters. The molecule has 2 amide bonds. The van der Waals surface area contributed by atoms with Crippen LogP contribution in [0.25, 0.3) is 10.4 Å². The number of carbonyl (C=O) groups is 2. The van der Waals surface area contributed by atoms with E-state index < -0.39 is 0 Å². The Balaban J connectivity index is 0.000000293. The molecule has 1 aliphatic rings. The molecule has 1 aromatic carbocycles. The molecule has 1 N–H and O–H groups in total. The fourth-order valence-electron chi connectivity index (χ4n) is 3.24. The number of hydrogen-bond donors (Lipinski definition) is 1. The summed E-state index contributed by atoms with van der Waals surface area (Å²) >= 11 is 1.64. The van der Waals surface area contributed by atoms with E-state index in [1.165, 1.54) is 16.9 Å². The molecule has 1 fully saturated rings. The van der Waals surface area contributed by atoms with Crippen LogP contribution in [-0.4, -0.2) is 35.3 Å². The standard InChI is InChI=1S/C12H12N2OS.C11H21NO.C2H4/c1-9-12(16-8-14-9)11-4-2-10(3-5-11)6-13-7-15;1-9-5-6-12(8-9)10(13)7-11(2,3)4;1-2/h2-5,7-8H,6H2,1H3,(H,13,15);9H,5-8H2,1-4H3;1-2H2/t;9-;/m.1./s1. The summed E-state index contributed by atoms with van der Waals surface area (Å²) in [5.41, 5.74) is 5.31. The average Bonchev–Trinajstić information content (AvgIpc) is 3.36. The lowest BCUT2D eigenvalue weighted by atomic mass is 9.92. The molecule has 1 aromatic heterocycles. The van der Waals surface area contributed by atoms with Crippen molar-refractivity contribution in [2.24, 2.45) is 11.3 Å². The van der Waals surface area contributed by atoms with E-state index in [0.717, 1.165) is 24.3 Å². The van der Waals surface area contributed by atoms with Crippen LogP contribution < -0.4 is 5.32 Å². The molecule has 0 spiro atoms. The predicted molar refractivity (Wildman–Crippen MR) is 131 cm³/mol. The second-order valence-electron chi connectivity index (χ2n) is 8.93. The van der Waals surface area contributed by atoms with Gasteiger partial charge in [0.1, 0.15) is 0 Å². The molecule has 2 heterocycles. The highest BCUT2D eigenvalue weighted by molar-refractivity contribution is 7.13. The van der Waals surface area contributed by atoms with Crippen LogP contribution >= 0.6 is 11.3 Å². The lowest BCUT2D eigenvalue weighted by Crippen LogP contribution is -2.31. The van der Waals surface area contributed by atoms with E-state index in [9.17, 15) is 9.59 Å². The van der Waals surface area contributed by atoms with E-state index in [0.29, 0.717) is 31.2 Å². The van der Waals surface area contributed by atoms with Gasteiger partial charge in [-0.3, -0.25) is 9.59 Å². The van der Waals surface area contributed by atoms with Gasteiger partial charge in [-0.2, -0.15) is 0 Å². The molecule has 1 aliphatic heterocycles. The Kier molecular flexibility index (Phi) is 11.2. The summed E-state index contributed by atoms with van der Waals surface area (Å²) in [5.74, 6) is 1.03. The van der Waals surface area contributed by atoms with E-state index >= 15 is 0 Å². The van der Waals surface area contributed by atoms with Crippen molar-refractivity contribution in [1.82, 2.24) is 15.2 Å². The maximum Gasteiger partial charge on any atom is 0.223 e. The SMILES string of the molecule is C=C.C[C@@H]1CCN(C(=O)CC(C)(C)C)C1.Cc1ncsc1-c1ccc(CNC=O)cc1. The number of hydrogen-bond acceptors (Lipinski definition) is 4. The number of aryl methyl sites for hydroxylation is 1. The first-order chi connectivity index (χ1) is 14.7. The summed E-state index contributed by atoms with van der Waals surface area (Å²) in [6, 6.07) is 8.15. The topological polar surface area (TPSA) is 62.3 Å². The Morgan fingerprint density at radius 3 is 2.39 bits per heavy atom. The Morgan fingerprint density at radius 1 is 1.29 bits per heavy atom. The van der Waals surface area contributed by atoms with Gasteiger partial charge in [-0.05, 0) is 35.8 Å². The van der Waals surface area contributed by atoms with E-state index in [1.807, 2.05) is 29.5 Å². The van der Waals surface area contributed by atoms with Crippen LogP contribution in [0.5, 0.6) is 0 Å². The third-order valence-corrected chi connectivity index (χ3v) is 5.79. The van der Waals surface area contributed by atoms with E-state index in [1.54, 1.807) is 11.3 Å². The molecule has 1 saturated heterocycles. The monoisotopic (exact) mass is 443 g/mol. The van der Waals surface area contributed by atoms with Gasteiger partial charge < -0.3 is 10.2 Å². The Morgan fingerprint density at radius 2 is 1.94 bits per heavy atom. The summed E-state index contributed by atoms with van der Waals surface area (Å²) < 4.78 is 0. The van der Waals surface area contributed by atoms with Crippen LogP contribution in [0.15, 0.2) is 42.9 Å². The van der Waals surface area contributed by atoms with Gasteiger partial charge in [0, 0.05) is 26.1 Å². The molecule has 0 saturated carbocycles. The zero-order valence-corrected chi connectivity index (χ0v) is 20.4. The second-order valence-corrected chi connectivity index (χ2v) is 9.79. The third kappa shape index (κ3) is 9.47. The van der Waals surface area contributed by atoms with Gasteiger partial charge in [0.15, 0.2) is 0 Å². The van der Waals surface area contributed by atoms with Crippen molar-refractivity contribution >= 4 is 23.7 Å². The smallest absolute Gasteiger partial charge is 0.223 e. The summed E-state index contributed by atoms with van der Waals surface area (Å²) in [6.07, 6.45) is 2.57. The van der Waals surface area contributed by atoms with Gasteiger partial charge in [-0.25, -0.2) is 4.98 Å². The van der Waals surface area contributed by atoms with Gasteiger partial charge in [0.25, 0.3) is 0 Å². The number of likely N-dealkylation sites (tertiary alicyclic amines) is 1. The Hall–Kier alpha value is -2.47. The Labute approximate surface area is 191 Å². The first-order valence-electron chi connectivity index (χ1n) is 10.6. The van der Waals surface area contributed by atoms with Gasteiger partial charge in [0.05, 0.1) is 16.1 Å². The molecule has 0 aliphatic carbocycles. The van der Waals surface area contributed by atoms with Crippen LogP contribution in [0.4, 0.5) is 0 Å². The van der Waals surface area contributed by atoms with Crippen molar-refractivity contribution in [3.63, 3.8) is 0 Å². The molecule has 0 bridgehead atoms. The summed E-state index contributed by atoms with van der Waals surface area (Å²) in [7, 11) is 0. The molecule has 2 aromatic rings. The number of amides is 2. The van der Waals surface area contributed by atoms with Crippen molar-refractivity contribution < 1.29 is 9.59 Å². The Bertz CT molecular complexity index is 809. The number of nitrogens with zero attached hydrogens (tertiary/aromatic N) is 2. The lowest BCUT2D eigenvalue weighted by Gasteiger charge is -2.22. The van der Waals surface area contributed by atoms with E-state index in [-0.39, 0.29) is 5.41 Å². The first kappa shape index (κ1) is 26.6. The van der Waals surface area contributed by atoms with Crippen molar-refractivity contribution in [1.29, 1.82) is 0 Å². The van der Waals surface area contributed by atoms with Gasteiger partial charge in [0.2, 0.25) is 12.3 Å². The molecule has 3 rings (SSSR count). The minimum Gasteiger partial charge on any atom is -0.355 e. The number of aromatic nitrogens is 1. The number of thiazole rings is 1.